The average molecular weight is 253 g/mol. The van der Waals surface area contributed by atoms with E-state index in [1.807, 2.05) is 26.0 Å². The molecule has 0 amide bonds. The van der Waals surface area contributed by atoms with Crippen LogP contribution >= 0.6 is 0 Å². The third-order valence-electron chi connectivity index (χ3n) is 4.01. The predicted molar refractivity (Wildman–Crippen MR) is 68.1 cm³/mol. The maximum Gasteiger partial charge on any atom is 0.164 e. The van der Waals surface area contributed by atoms with Gasteiger partial charge in [-0.2, -0.15) is 0 Å². The van der Waals surface area contributed by atoms with Crippen LogP contribution in [0.1, 0.15) is 33.1 Å². The molecule has 1 saturated heterocycles. The Morgan fingerprint density at radius 2 is 2.06 bits per heavy atom. The first-order valence-corrected chi connectivity index (χ1v) is 7.00. The molecule has 0 bridgehead atoms. The number of aliphatic hydroxyl groups excluding tert-OH is 1. The van der Waals surface area contributed by atoms with Gasteiger partial charge in [-0.15, -0.1) is 0 Å². The number of rotatable bonds is 4. The predicted octanol–water partition coefficient (Wildman–Crippen LogP) is 1.20. The molecule has 3 rings (SSSR count). The molecule has 2 N–H and O–H groups in total. The largest absolute Gasteiger partial charge is 0.388 e. The Hall–Kier alpha value is -0.420. The molecule has 3 unspecified atom stereocenters. The Bertz CT molecular complexity index is 338. The summed E-state index contributed by atoms with van der Waals surface area (Å²) in [6.45, 7) is 4.75. The van der Waals surface area contributed by atoms with Gasteiger partial charge in [-0.3, -0.25) is 0 Å². The van der Waals surface area contributed by atoms with Crippen LogP contribution in [0.3, 0.4) is 0 Å². The minimum Gasteiger partial charge on any atom is -0.388 e. The van der Waals surface area contributed by atoms with Crippen molar-refractivity contribution in [2.75, 3.05) is 6.54 Å². The van der Waals surface area contributed by atoms with Crippen molar-refractivity contribution >= 4 is 0 Å². The zero-order chi connectivity index (χ0) is 12.8. The molecule has 18 heavy (non-hydrogen) atoms. The first kappa shape index (κ1) is 12.6. The van der Waals surface area contributed by atoms with E-state index in [1.54, 1.807) is 0 Å². The van der Waals surface area contributed by atoms with Crippen LogP contribution in [-0.2, 0) is 9.47 Å². The molecule has 0 aromatic heterocycles. The van der Waals surface area contributed by atoms with Gasteiger partial charge in [-0.1, -0.05) is 25.0 Å². The number of aliphatic hydroxyl groups is 1. The molecular formula is C14H23NO3. The van der Waals surface area contributed by atoms with Crippen molar-refractivity contribution in [1.82, 2.24) is 5.32 Å². The van der Waals surface area contributed by atoms with E-state index in [0.29, 0.717) is 0 Å². The third kappa shape index (κ3) is 2.62. The molecule has 0 aromatic rings. The van der Waals surface area contributed by atoms with Gasteiger partial charge in [-0.05, 0) is 32.7 Å². The summed E-state index contributed by atoms with van der Waals surface area (Å²) < 4.78 is 11.5. The molecule has 0 aromatic carbocycles. The maximum absolute atomic E-state index is 10.3. The zero-order valence-electron chi connectivity index (χ0n) is 11.1. The van der Waals surface area contributed by atoms with Gasteiger partial charge in [0, 0.05) is 0 Å². The molecule has 4 heteroatoms. The van der Waals surface area contributed by atoms with Crippen molar-refractivity contribution in [3.05, 3.63) is 12.2 Å². The van der Waals surface area contributed by atoms with E-state index in [0.717, 1.165) is 12.5 Å². The standard InChI is InChI=1S/C14H23NO3/c1-14(2)17-11-6-5-10(12(16)13(11)18-14)15-8-7-9-3-4-9/h5-6,9-13,15-16H,3-4,7-8H2,1-2H3/t10?,11?,12?,13-/m0/s1. The lowest BCUT2D eigenvalue weighted by Crippen LogP contribution is -2.51. The fraction of sp³-hybridized carbons (Fsp3) is 0.857. The van der Waals surface area contributed by atoms with Crippen LogP contribution in [0, 0.1) is 5.92 Å². The Balaban J connectivity index is 1.56. The maximum atomic E-state index is 10.3. The molecular weight excluding hydrogens is 230 g/mol. The Kier molecular flexibility index (Phi) is 3.22. The van der Waals surface area contributed by atoms with Crippen molar-refractivity contribution in [3.8, 4) is 0 Å². The molecule has 0 spiro atoms. The van der Waals surface area contributed by atoms with Gasteiger partial charge >= 0.3 is 0 Å². The SMILES string of the molecule is CC1(C)OC2C=CC(NCCC3CC3)C(O)[C@H]2O1. The average Bonchev–Trinajstić information content (AvgIpc) is 3.05. The first-order valence-electron chi connectivity index (χ1n) is 7.00. The second-order valence-corrected chi connectivity index (χ2v) is 6.15. The smallest absolute Gasteiger partial charge is 0.164 e. The monoisotopic (exact) mass is 253 g/mol. The fourth-order valence-corrected chi connectivity index (χ4v) is 2.83. The summed E-state index contributed by atoms with van der Waals surface area (Å²) in [7, 11) is 0. The summed E-state index contributed by atoms with van der Waals surface area (Å²) >= 11 is 0. The van der Waals surface area contributed by atoms with E-state index >= 15 is 0 Å². The molecule has 1 aliphatic heterocycles. The second kappa shape index (κ2) is 4.60. The molecule has 2 fully saturated rings. The van der Waals surface area contributed by atoms with Gasteiger partial charge < -0.3 is 19.9 Å². The summed E-state index contributed by atoms with van der Waals surface area (Å²) in [5.74, 6) is 0.323. The first-order chi connectivity index (χ1) is 8.55. The minimum atomic E-state index is -0.594. The molecule has 102 valence electrons. The van der Waals surface area contributed by atoms with Gasteiger partial charge in [0.1, 0.15) is 18.3 Å². The molecule has 1 heterocycles. The van der Waals surface area contributed by atoms with Crippen LogP contribution in [0.4, 0.5) is 0 Å². The van der Waals surface area contributed by atoms with E-state index in [2.05, 4.69) is 5.32 Å². The fourth-order valence-electron chi connectivity index (χ4n) is 2.83. The van der Waals surface area contributed by atoms with Crippen LogP contribution in [0.5, 0.6) is 0 Å². The summed E-state index contributed by atoms with van der Waals surface area (Å²) in [5.41, 5.74) is 0. The molecule has 3 aliphatic rings. The van der Waals surface area contributed by atoms with Gasteiger partial charge in [0.15, 0.2) is 5.79 Å². The molecule has 1 saturated carbocycles. The van der Waals surface area contributed by atoms with E-state index in [-0.39, 0.29) is 18.2 Å². The highest BCUT2D eigenvalue weighted by Crippen LogP contribution is 2.34. The summed E-state index contributed by atoms with van der Waals surface area (Å²) in [4.78, 5) is 0. The molecule has 0 radical (unpaired) electrons. The van der Waals surface area contributed by atoms with Crippen molar-refractivity contribution in [2.24, 2.45) is 5.92 Å². The molecule has 4 nitrogen and oxygen atoms in total. The molecule has 2 aliphatic carbocycles. The lowest BCUT2D eigenvalue weighted by Gasteiger charge is -2.31. The normalized spacial score (nSPS) is 41.9. The van der Waals surface area contributed by atoms with E-state index < -0.39 is 11.9 Å². The van der Waals surface area contributed by atoms with Crippen LogP contribution in [0.2, 0.25) is 0 Å². The van der Waals surface area contributed by atoms with Crippen molar-refractivity contribution in [2.45, 2.75) is 63.3 Å². The highest BCUT2D eigenvalue weighted by Gasteiger charge is 2.47. The quantitative estimate of drug-likeness (QED) is 0.739. The number of nitrogens with one attached hydrogen (secondary N) is 1. The van der Waals surface area contributed by atoms with Gasteiger partial charge in [0.05, 0.1) is 6.04 Å². The highest BCUT2D eigenvalue weighted by atomic mass is 16.8. The lowest BCUT2D eigenvalue weighted by molar-refractivity contribution is -0.153. The molecule has 4 atom stereocenters. The van der Waals surface area contributed by atoms with Crippen LogP contribution in [0.15, 0.2) is 12.2 Å². The number of hydrogen-bond donors (Lipinski definition) is 2. The van der Waals surface area contributed by atoms with E-state index in [9.17, 15) is 5.11 Å². The number of fused-ring (bicyclic) bond motifs is 1. The van der Waals surface area contributed by atoms with Gasteiger partial charge in [0.2, 0.25) is 0 Å². The summed E-state index contributed by atoms with van der Waals surface area (Å²) in [6, 6.07) is -0.0116. The zero-order valence-corrected chi connectivity index (χ0v) is 11.1. The van der Waals surface area contributed by atoms with Gasteiger partial charge in [-0.25, -0.2) is 0 Å². The topological polar surface area (TPSA) is 50.7 Å². The second-order valence-electron chi connectivity index (χ2n) is 6.15. The van der Waals surface area contributed by atoms with Crippen molar-refractivity contribution in [3.63, 3.8) is 0 Å². The third-order valence-corrected chi connectivity index (χ3v) is 4.01. The number of hydrogen-bond acceptors (Lipinski definition) is 4. The van der Waals surface area contributed by atoms with Gasteiger partial charge in [0.25, 0.3) is 0 Å². The minimum absolute atomic E-state index is 0.0116. The van der Waals surface area contributed by atoms with E-state index in [1.165, 1.54) is 19.3 Å². The Morgan fingerprint density at radius 1 is 1.28 bits per heavy atom. The number of ether oxygens (including phenoxy) is 2. The summed E-state index contributed by atoms with van der Waals surface area (Å²) in [6.07, 6.45) is 7.11. The van der Waals surface area contributed by atoms with Crippen molar-refractivity contribution < 1.29 is 14.6 Å². The Morgan fingerprint density at radius 3 is 2.78 bits per heavy atom. The summed E-state index contributed by atoms with van der Waals surface area (Å²) in [5, 5.41) is 13.7. The lowest BCUT2D eigenvalue weighted by atomic mass is 9.94. The van der Waals surface area contributed by atoms with Crippen LogP contribution < -0.4 is 5.32 Å². The van der Waals surface area contributed by atoms with Crippen molar-refractivity contribution in [1.29, 1.82) is 0 Å². The Labute approximate surface area is 108 Å². The van der Waals surface area contributed by atoms with E-state index in [4.69, 9.17) is 9.47 Å². The van der Waals surface area contributed by atoms with Crippen LogP contribution in [0.25, 0.3) is 0 Å². The van der Waals surface area contributed by atoms with Crippen LogP contribution in [-0.4, -0.2) is 41.8 Å². The highest BCUT2D eigenvalue weighted by molar-refractivity contribution is 5.13.